The minimum atomic E-state index is -0.636. The molecule has 1 fully saturated rings. The molecule has 0 bridgehead atoms. The van der Waals surface area contributed by atoms with E-state index in [9.17, 15) is 4.79 Å². The molecule has 1 aliphatic heterocycles. The van der Waals surface area contributed by atoms with Crippen LogP contribution in [0.5, 0.6) is 11.5 Å². The molecule has 1 saturated heterocycles. The molecule has 7 heteroatoms. The summed E-state index contributed by atoms with van der Waals surface area (Å²) in [5.74, 6) is 1.51. The smallest absolute Gasteiger partial charge is 0.250 e. The van der Waals surface area contributed by atoms with E-state index in [4.69, 9.17) is 9.47 Å². The molecule has 1 aromatic heterocycles. The largest absolute Gasteiger partial charge is 0.497 e. The number of nitrogens with zero attached hydrogens (tertiary/aromatic N) is 3. The van der Waals surface area contributed by atoms with Crippen LogP contribution in [0.2, 0.25) is 0 Å². The van der Waals surface area contributed by atoms with Gasteiger partial charge >= 0.3 is 0 Å². The summed E-state index contributed by atoms with van der Waals surface area (Å²) in [7, 11) is 5.08. The summed E-state index contributed by atoms with van der Waals surface area (Å²) in [6, 6.07) is 7.51. The highest BCUT2D eigenvalue weighted by Crippen LogP contribution is 2.31. The van der Waals surface area contributed by atoms with Gasteiger partial charge in [-0.15, -0.1) is 0 Å². The van der Waals surface area contributed by atoms with Crippen LogP contribution in [0.3, 0.4) is 0 Å². The Kier molecular flexibility index (Phi) is 5.46. The number of hydrogen-bond acceptors (Lipinski definition) is 5. The number of nitrogens with one attached hydrogen (secondary N) is 1. The Hall–Kier alpha value is -2.54. The number of aromatic nitrogens is 2. The number of carbonyl (C=O) groups is 1. The summed E-state index contributed by atoms with van der Waals surface area (Å²) >= 11 is 0. The number of piperidine rings is 1. The lowest BCUT2D eigenvalue weighted by molar-refractivity contribution is -0.142. The Labute approximate surface area is 153 Å². The van der Waals surface area contributed by atoms with E-state index < -0.39 is 5.54 Å². The fourth-order valence-electron chi connectivity index (χ4n) is 3.57. The van der Waals surface area contributed by atoms with E-state index in [1.165, 1.54) is 0 Å². The fourth-order valence-corrected chi connectivity index (χ4v) is 3.57. The van der Waals surface area contributed by atoms with Gasteiger partial charge in [-0.1, -0.05) is 0 Å². The van der Waals surface area contributed by atoms with Gasteiger partial charge in [0.25, 0.3) is 5.91 Å². The summed E-state index contributed by atoms with van der Waals surface area (Å²) in [5, 5.41) is 7.71. The molecule has 1 amide bonds. The van der Waals surface area contributed by atoms with Gasteiger partial charge < -0.3 is 19.7 Å². The summed E-state index contributed by atoms with van der Waals surface area (Å²) in [6.45, 7) is 2.05. The van der Waals surface area contributed by atoms with Gasteiger partial charge in [0.05, 0.1) is 14.2 Å². The second-order valence-corrected chi connectivity index (χ2v) is 6.57. The molecule has 2 heterocycles. The number of ether oxygens (including phenoxy) is 2. The predicted octanol–water partition coefficient (Wildman–Crippen LogP) is 1.64. The predicted molar refractivity (Wildman–Crippen MR) is 98.3 cm³/mol. The van der Waals surface area contributed by atoms with Crippen molar-refractivity contribution in [2.24, 2.45) is 0 Å². The summed E-state index contributed by atoms with van der Waals surface area (Å²) < 4.78 is 12.5. The van der Waals surface area contributed by atoms with Crippen LogP contribution in [0, 0.1) is 0 Å². The maximum Gasteiger partial charge on any atom is 0.250 e. The molecule has 26 heavy (non-hydrogen) atoms. The number of amides is 1. The molecule has 1 N–H and O–H groups in total. The molecule has 0 atom stereocenters. The van der Waals surface area contributed by atoms with Crippen molar-refractivity contribution in [3.63, 3.8) is 0 Å². The van der Waals surface area contributed by atoms with Gasteiger partial charge in [0.15, 0.2) is 0 Å². The highest BCUT2D eigenvalue weighted by Gasteiger charge is 2.43. The van der Waals surface area contributed by atoms with E-state index in [-0.39, 0.29) is 5.91 Å². The second kappa shape index (κ2) is 7.78. The number of methoxy groups -OCH3 is 2. The lowest BCUT2D eigenvalue weighted by Gasteiger charge is -2.39. The van der Waals surface area contributed by atoms with Crippen LogP contribution < -0.4 is 14.8 Å². The SMILES string of the molecule is COc1ccc(CN(C)C(=O)C2(n3cccn3)CCNCC2)c(OC)c1. The average Bonchev–Trinajstić information content (AvgIpc) is 3.23. The average molecular weight is 358 g/mol. The van der Waals surface area contributed by atoms with Crippen LogP contribution in [0.15, 0.2) is 36.7 Å². The minimum absolute atomic E-state index is 0.0700. The zero-order chi connectivity index (χ0) is 18.6. The Morgan fingerprint density at radius 2 is 2.08 bits per heavy atom. The molecular formula is C19H26N4O3. The van der Waals surface area contributed by atoms with Crippen molar-refractivity contribution in [2.75, 3.05) is 34.4 Å². The van der Waals surface area contributed by atoms with E-state index >= 15 is 0 Å². The number of benzene rings is 1. The van der Waals surface area contributed by atoms with Crippen molar-refractivity contribution in [3.8, 4) is 11.5 Å². The summed E-state index contributed by atoms with van der Waals surface area (Å²) in [4.78, 5) is 15.2. The Balaban J connectivity index is 1.84. The highest BCUT2D eigenvalue weighted by molar-refractivity contribution is 5.84. The van der Waals surface area contributed by atoms with Gasteiger partial charge in [-0.05, 0) is 44.1 Å². The van der Waals surface area contributed by atoms with Crippen molar-refractivity contribution < 1.29 is 14.3 Å². The molecule has 0 aliphatic carbocycles. The molecule has 7 nitrogen and oxygen atoms in total. The van der Waals surface area contributed by atoms with Crippen molar-refractivity contribution >= 4 is 5.91 Å². The molecule has 3 rings (SSSR count). The lowest BCUT2D eigenvalue weighted by atomic mass is 9.86. The van der Waals surface area contributed by atoms with Crippen LogP contribution >= 0.6 is 0 Å². The quantitative estimate of drug-likeness (QED) is 0.850. The third kappa shape index (κ3) is 3.39. The van der Waals surface area contributed by atoms with E-state index in [0.29, 0.717) is 12.3 Å². The monoisotopic (exact) mass is 358 g/mol. The maximum atomic E-state index is 13.4. The minimum Gasteiger partial charge on any atom is -0.497 e. The van der Waals surface area contributed by atoms with Crippen LogP contribution in [-0.4, -0.2) is 54.9 Å². The van der Waals surface area contributed by atoms with Crippen molar-refractivity contribution in [1.29, 1.82) is 0 Å². The normalized spacial score (nSPS) is 16.1. The van der Waals surface area contributed by atoms with Crippen LogP contribution in [0.1, 0.15) is 18.4 Å². The first kappa shape index (κ1) is 18.3. The van der Waals surface area contributed by atoms with Crippen molar-refractivity contribution in [3.05, 3.63) is 42.2 Å². The van der Waals surface area contributed by atoms with Gasteiger partial charge in [0.1, 0.15) is 17.0 Å². The first-order chi connectivity index (χ1) is 12.6. The lowest BCUT2D eigenvalue weighted by Crippen LogP contribution is -2.54. The van der Waals surface area contributed by atoms with Crippen LogP contribution in [0.25, 0.3) is 0 Å². The van der Waals surface area contributed by atoms with E-state index in [1.54, 1.807) is 25.3 Å². The van der Waals surface area contributed by atoms with E-state index in [1.807, 2.05) is 42.2 Å². The zero-order valence-electron chi connectivity index (χ0n) is 15.6. The van der Waals surface area contributed by atoms with Gasteiger partial charge in [0, 0.05) is 37.6 Å². The second-order valence-electron chi connectivity index (χ2n) is 6.57. The number of carbonyl (C=O) groups excluding carboxylic acids is 1. The van der Waals surface area contributed by atoms with Crippen LogP contribution in [0.4, 0.5) is 0 Å². The molecule has 0 spiro atoms. The van der Waals surface area contributed by atoms with Gasteiger partial charge in [0.2, 0.25) is 0 Å². The zero-order valence-corrected chi connectivity index (χ0v) is 15.6. The first-order valence-corrected chi connectivity index (χ1v) is 8.78. The molecule has 0 unspecified atom stereocenters. The molecule has 1 aromatic carbocycles. The van der Waals surface area contributed by atoms with Crippen molar-refractivity contribution in [1.82, 2.24) is 20.0 Å². The maximum absolute atomic E-state index is 13.4. The molecule has 140 valence electrons. The van der Waals surface area contributed by atoms with Crippen molar-refractivity contribution in [2.45, 2.75) is 24.9 Å². The third-order valence-electron chi connectivity index (χ3n) is 5.02. The number of rotatable bonds is 6. The molecular weight excluding hydrogens is 332 g/mol. The number of likely N-dealkylation sites (N-methyl/N-ethyl adjacent to an activating group) is 1. The third-order valence-corrected chi connectivity index (χ3v) is 5.02. The van der Waals surface area contributed by atoms with Crippen LogP contribution in [-0.2, 0) is 16.9 Å². The Morgan fingerprint density at radius 1 is 1.31 bits per heavy atom. The van der Waals surface area contributed by atoms with E-state index in [0.717, 1.165) is 37.2 Å². The fraction of sp³-hybridized carbons (Fsp3) is 0.474. The molecule has 0 saturated carbocycles. The Bertz CT molecular complexity index is 739. The standard InChI is InChI=1S/C19H26N4O3/c1-22(14-15-5-6-16(25-2)13-17(15)26-3)18(24)19(7-10-20-11-8-19)23-12-4-9-21-23/h4-6,9,12-13,20H,7-8,10-11,14H2,1-3H3. The summed E-state index contributed by atoms with van der Waals surface area (Å²) in [6.07, 6.45) is 5.05. The topological polar surface area (TPSA) is 68.6 Å². The Morgan fingerprint density at radius 3 is 2.69 bits per heavy atom. The van der Waals surface area contributed by atoms with E-state index in [2.05, 4.69) is 10.4 Å². The van der Waals surface area contributed by atoms with Gasteiger partial charge in [-0.25, -0.2) is 0 Å². The molecule has 2 aromatic rings. The summed E-state index contributed by atoms with van der Waals surface area (Å²) in [5.41, 5.74) is 0.303. The van der Waals surface area contributed by atoms with Gasteiger partial charge in [-0.2, -0.15) is 5.10 Å². The molecule has 0 radical (unpaired) electrons. The highest BCUT2D eigenvalue weighted by atomic mass is 16.5. The molecule has 1 aliphatic rings. The first-order valence-electron chi connectivity index (χ1n) is 8.78. The number of hydrogen-bond donors (Lipinski definition) is 1. The van der Waals surface area contributed by atoms with Gasteiger partial charge in [-0.3, -0.25) is 9.48 Å².